The molecule has 5 heteroatoms. The van der Waals surface area contributed by atoms with Gasteiger partial charge in [0.15, 0.2) is 0 Å². The highest BCUT2D eigenvalue weighted by molar-refractivity contribution is 5.68. The highest BCUT2D eigenvalue weighted by Gasteiger charge is 2.63. The topological polar surface area (TPSA) is 38.3 Å². The first-order valence-corrected chi connectivity index (χ1v) is 5.55. The zero-order valence-electron chi connectivity index (χ0n) is 9.72. The maximum Gasteiger partial charge on any atom is 0.407 e. The van der Waals surface area contributed by atoms with Crippen molar-refractivity contribution in [3.8, 4) is 0 Å². The lowest BCUT2D eigenvalue weighted by atomic mass is 10.1. The van der Waals surface area contributed by atoms with Crippen LogP contribution in [0.2, 0.25) is 0 Å². The van der Waals surface area contributed by atoms with Crippen molar-refractivity contribution in [2.45, 2.75) is 51.2 Å². The molecule has 0 spiro atoms. The summed E-state index contributed by atoms with van der Waals surface area (Å²) in [6, 6.07) is -0.102. The summed E-state index contributed by atoms with van der Waals surface area (Å²) >= 11 is 0. The summed E-state index contributed by atoms with van der Waals surface area (Å²) < 4.78 is 30.8. The summed E-state index contributed by atoms with van der Waals surface area (Å²) in [5.74, 6) is -2.63. The van der Waals surface area contributed by atoms with E-state index in [0.717, 1.165) is 0 Å². The standard InChI is InChI=1S/C11H17F2NO2/c1-10(2,3)16-9(15)14-8-6-4-11(12,13)5-7(6)8/h6-8H,4-5H2,1-3H3,(H,14,15)/t6-,7+,8?. The molecule has 0 aromatic carbocycles. The Morgan fingerprint density at radius 2 is 1.81 bits per heavy atom. The van der Waals surface area contributed by atoms with E-state index in [4.69, 9.17) is 4.74 Å². The fourth-order valence-corrected chi connectivity index (χ4v) is 2.43. The number of hydrogen-bond acceptors (Lipinski definition) is 2. The largest absolute Gasteiger partial charge is 0.444 e. The molecule has 0 bridgehead atoms. The zero-order valence-corrected chi connectivity index (χ0v) is 9.72. The van der Waals surface area contributed by atoms with Gasteiger partial charge in [0.1, 0.15) is 5.60 Å². The molecule has 1 unspecified atom stereocenters. The van der Waals surface area contributed by atoms with Gasteiger partial charge in [-0.15, -0.1) is 0 Å². The fourth-order valence-electron chi connectivity index (χ4n) is 2.43. The number of alkyl halides is 2. The third-order valence-electron chi connectivity index (χ3n) is 3.08. The number of carbonyl (C=O) groups is 1. The minimum Gasteiger partial charge on any atom is -0.444 e. The molecule has 2 rings (SSSR count). The molecule has 0 heterocycles. The summed E-state index contributed by atoms with van der Waals surface area (Å²) in [5.41, 5.74) is -0.544. The first-order valence-electron chi connectivity index (χ1n) is 5.55. The van der Waals surface area contributed by atoms with E-state index in [-0.39, 0.29) is 30.7 Å². The van der Waals surface area contributed by atoms with Gasteiger partial charge in [-0.3, -0.25) is 0 Å². The number of nitrogens with one attached hydrogen (secondary N) is 1. The van der Waals surface area contributed by atoms with Crippen LogP contribution in [0.3, 0.4) is 0 Å². The van der Waals surface area contributed by atoms with Gasteiger partial charge < -0.3 is 10.1 Å². The van der Waals surface area contributed by atoms with Crippen molar-refractivity contribution >= 4 is 6.09 Å². The normalized spacial score (nSPS) is 35.4. The first kappa shape index (κ1) is 11.6. The summed E-state index contributed by atoms with van der Waals surface area (Å²) in [4.78, 5) is 11.4. The summed E-state index contributed by atoms with van der Waals surface area (Å²) in [5, 5.41) is 2.66. The molecule has 0 aromatic heterocycles. The number of halogens is 2. The van der Waals surface area contributed by atoms with Crippen molar-refractivity contribution in [1.29, 1.82) is 0 Å². The van der Waals surface area contributed by atoms with Gasteiger partial charge in [-0.05, 0) is 32.6 Å². The Morgan fingerprint density at radius 1 is 1.31 bits per heavy atom. The van der Waals surface area contributed by atoms with E-state index in [2.05, 4.69) is 5.32 Å². The lowest BCUT2D eigenvalue weighted by Crippen LogP contribution is -2.36. The Balaban J connectivity index is 1.77. The molecular weight excluding hydrogens is 216 g/mol. The highest BCUT2D eigenvalue weighted by Crippen LogP contribution is 2.58. The molecule has 3 nitrogen and oxygen atoms in total. The Kier molecular flexibility index (Phi) is 2.40. The summed E-state index contributed by atoms with van der Waals surface area (Å²) in [6.45, 7) is 5.32. The molecule has 3 atom stereocenters. The van der Waals surface area contributed by atoms with Gasteiger partial charge in [0, 0.05) is 18.9 Å². The van der Waals surface area contributed by atoms with Crippen molar-refractivity contribution < 1.29 is 18.3 Å². The maximum atomic E-state index is 12.9. The minimum absolute atomic E-state index is 0.0532. The van der Waals surface area contributed by atoms with E-state index in [1.807, 2.05) is 0 Å². The number of ether oxygens (including phenoxy) is 1. The number of carbonyl (C=O) groups excluding carboxylic acids is 1. The molecule has 2 fully saturated rings. The SMILES string of the molecule is CC(C)(C)OC(=O)NC1[C@H]2CC(F)(F)C[C@@H]12. The average molecular weight is 233 g/mol. The second kappa shape index (κ2) is 3.31. The second-order valence-corrected chi connectivity index (χ2v) is 5.76. The van der Waals surface area contributed by atoms with Crippen LogP contribution in [0.4, 0.5) is 13.6 Å². The van der Waals surface area contributed by atoms with Crippen molar-refractivity contribution in [2.75, 3.05) is 0 Å². The molecule has 1 amide bonds. The van der Waals surface area contributed by atoms with Gasteiger partial charge in [-0.1, -0.05) is 0 Å². The van der Waals surface area contributed by atoms with Crippen LogP contribution in [-0.2, 0) is 4.74 Å². The number of amides is 1. The van der Waals surface area contributed by atoms with Crippen molar-refractivity contribution in [1.82, 2.24) is 5.32 Å². The Labute approximate surface area is 93.5 Å². The third-order valence-corrected chi connectivity index (χ3v) is 3.08. The summed E-state index contributed by atoms with van der Waals surface area (Å²) in [6.07, 6.45) is -0.703. The van der Waals surface area contributed by atoms with E-state index in [1.165, 1.54) is 0 Å². The maximum absolute atomic E-state index is 12.9. The molecular formula is C11H17F2NO2. The van der Waals surface area contributed by atoms with Gasteiger partial charge in [-0.25, -0.2) is 13.6 Å². The lowest BCUT2D eigenvalue weighted by molar-refractivity contribution is -0.00734. The molecule has 2 aliphatic carbocycles. The quantitative estimate of drug-likeness (QED) is 0.755. The molecule has 2 aliphatic rings. The first-order chi connectivity index (χ1) is 7.18. The van der Waals surface area contributed by atoms with Crippen molar-refractivity contribution in [3.05, 3.63) is 0 Å². The highest BCUT2D eigenvalue weighted by atomic mass is 19.3. The van der Waals surface area contributed by atoms with E-state index in [9.17, 15) is 13.6 Å². The number of fused-ring (bicyclic) bond motifs is 1. The van der Waals surface area contributed by atoms with Crippen molar-refractivity contribution in [3.63, 3.8) is 0 Å². The van der Waals surface area contributed by atoms with E-state index >= 15 is 0 Å². The monoisotopic (exact) mass is 233 g/mol. The predicted molar refractivity (Wildman–Crippen MR) is 54.3 cm³/mol. The molecule has 16 heavy (non-hydrogen) atoms. The van der Waals surface area contributed by atoms with Gasteiger partial charge in [-0.2, -0.15) is 0 Å². The van der Waals surface area contributed by atoms with Gasteiger partial charge >= 0.3 is 6.09 Å². The van der Waals surface area contributed by atoms with Crippen LogP contribution in [0.15, 0.2) is 0 Å². The Hall–Kier alpha value is -0.870. The number of rotatable bonds is 1. The van der Waals surface area contributed by atoms with E-state index in [0.29, 0.717) is 0 Å². The van der Waals surface area contributed by atoms with Crippen LogP contribution in [0.25, 0.3) is 0 Å². The molecule has 92 valence electrons. The molecule has 0 aromatic rings. The summed E-state index contributed by atoms with van der Waals surface area (Å²) in [7, 11) is 0. The second-order valence-electron chi connectivity index (χ2n) is 5.76. The molecule has 0 saturated heterocycles. The Bertz CT molecular complexity index is 298. The zero-order chi connectivity index (χ0) is 12.1. The average Bonchev–Trinajstić information content (AvgIpc) is 2.54. The fraction of sp³-hybridized carbons (Fsp3) is 0.909. The smallest absolute Gasteiger partial charge is 0.407 e. The third kappa shape index (κ3) is 2.44. The van der Waals surface area contributed by atoms with Crippen molar-refractivity contribution in [2.24, 2.45) is 11.8 Å². The lowest BCUT2D eigenvalue weighted by Gasteiger charge is -2.20. The number of hydrogen-bond donors (Lipinski definition) is 1. The molecule has 1 N–H and O–H groups in total. The van der Waals surface area contributed by atoms with E-state index in [1.54, 1.807) is 20.8 Å². The van der Waals surface area contributed by atoms with Crippen LogP contribution in [0.1, 0.15) is 33.6 Å². The minimum atomic E-state index is -2.53. The Morgan fingerprint density at radius 3 is 2.25 bits per heavy atom. The number of alkyl carbamates (subject to hydrolysis) is 1. The van der Waals surface area contributed by atoms with Crippen LogP contribution in [0, 0.1) is 11.8 Å². The van der Waals surface area contributed by atoms with Gasteiger partial charge in [0.25, 0.3) is 0 Å². The van der Waals surface area contributed by atoms with Crippen LogP contribution >= 0.6 is 0 Å². The van der Waals surface area contributed by atoms with Crippen LogP contribution in [-0.4, -0.2) is 23.7 Å². The van der Waals surface area contributed by atoms with Gasteiger partial charge in [0.05, 0.1) is 0 Å². The molecule has 0 radical (unpaired) electrons. The predicted octanol–water partition coefficient (Wildman–Crippen LogP) is 2.55. The van der Waals surface area contributed by atoms with Crippen LogP contribution < -0.4 is 5.32 Å². The van der Waals surface area contributed by atoms with Crippen LogP contribution in [0.5, 0.6) is 0 Å². The van der Waals surface area contributed by atoms with Gasteiger partial charge in [0.2, 0.25) is 5.92 Å². The van der Waals surface area contributed by atoms with E-state index < -0.39 is 17.6 Å². The molecule has 0 aliphatic heterocycles. The molecule has 2 saturated carbocycles.